The zero-order valence-corrected chi connectivity index (χ0v) is 11.9. The van der Waals surface area contributed by atoms with E-state index in [-0.39, 0.29) is 6.10 Å². The van der Waals surface area contributed by atoms with Gasteiger partial charge in [0.1, 0.15) is 5.82 Å². The summed E-state index contributed by atoms with van der Waals surface area (Å²) in [6.45, 7) is 7.87. The van der Waals surface area contributed by atoms with Gasteiger partial charge in [0.25, 0.3) is 0 Å². The maximum atomic E-state index is 5.55. The second kappa shape index (κ2) is 6.70. The lowest BCUT2D eigenvalue weighted by molar-refractivity contribution is 0.0622. The van der Waals surface area contributed by atoms with Crippen molar-refractivity contribution in [3.63, 3.8) is 0 Å². The molecule has 0 spiro atoms. The lowest BCUT2D eigenvalue weighted by Crippen LogP contribution is -2.31. The third-order valence-electron chi connectivity index (χ3n) is 3.32. The molecule has 0 radical (unpaired) electrons. The van der Waals surface area contributed by atoms with Crippen molar-refractivity contribution in [3.05, 3.63) is 12.4 Å². The molecule has 1 fully saturated rings. The van der Waals surface area contributed by atoms with Crippen molar-refractivity contribution in [2.24, 2.45) is 5.92 Å². The summed E-state index contributed by atoms with van der Waals surface area (Å²) < 4.78 is 10.9. The first-order chi connectivity index (χ1) is 9.15. The second-order valence-electron chi connectivity index (χ2n) is 5.29. The highest BCUT2D eigenvalue weighted by atomic mass is 16.5. The average Bonchev–Trinajstić information content (AvgIpc) is 2.39. The van der Waals surface area contributed by atoms with Crippen LogP contribution < -0.4 is 10.1 Å². The Bertz CT molecular complexity index is 392. The number of hydrogen-bond donors (Lipinski definition) is 1. The minimum absolute atomic E-state index is 0.109. The van der Waals surface area contributed by atoms with E-state index in [1.165, 1.54) is 0 Å². The van der Waals surface area contributed by atoms with Gasteiger partial charge >= 0.3 is 0 Å². The number of aromatic nitrogens is 2. The summed E-state index contributed by atoms with van der Waals surface area (Å²) in [6, 6.07) is 0.368. The molecule has 1 aliphatic heterocycles. The fraction of sp³-hybridized carbons (Fsp3) is 0.714. The minimum Gasteiger partial charge on any atom is -0.474 e. The fourth-order valence-corrected chi connectivity index (χ4v) is 2.28. The van der Waals surface area contributed by atoms with Gasteiger partial charge in [0.2, 0.25) is 5.88 Å². The van der Waals surface area contributed by atoms with Gasteiger partial charge in [0.15, 0.2) is 0 Å². The molecule has 1 atom stereocenters. The molecule has 0 amide bonds. The number of ether oxygens (including phenoxy) is 2. The lowest BCUT2D eigenvalue weighted by Gasteiger charge is -2.28. The van der Waals surface area contributed by atoms with Gasteiger partial charge in [-0.05, 0) is 39.5 Å². The van der Waals surface area contributed by atoms with Crippen molar-refractivity contribution in [2.45, 2.75) is 45.8 Å². The van der Waals surface area contributed by atoms with Crippen LogP contribution in [0.15, 0.2) is 12.4 Å². The zero-order valence-electron chi connectivity index (χ0n) is 11.9. The number of anilines is 1. The summed E-state index contributed by atoms with van der Waals surface area (Å²) in [5.74, 6) is 1.97. The van der Waals surface area contributed by atoms with Crippen LogP contribution in [0.3, 0.4) is 0 Å². The standard InChI is InChI=1S/C14H23N3O2/c1-10(2)19-14-9-15-8-13(17-14)16-11(3)12-4-6-18-7-5-12/h8-12H,4-7H2,1-3H3,(H,16,17). The minimum atomic E-state index is 0.109. The SMILES string of the molecule is CC(C)Oc1cncc(NC(C)C2CCOCC2)n1. The topological polar surface area (TPSA) is 56.3 Å². The monoisotopic (exact) mass is 265 g/mol. The molecule has 1 aliphatic rings. The van der Waals surface area contributed by atoms with Crippen molar-refractivity contribution < 1.29 is 9.47 Å². The molecular formula is C14H23N3O2. The quantitative estimate of drug-likeness (QED) is 0.886. The fourth-order valence-electron chi connectivity index (χ4n) is 2.28. The van der Waals surface area contributed by atoms with E-state index >= 15 is 0 Å². The van der Waals surface area contributed by atoms with Crippen LogP contribution in [0.2, 0.25) is 0 Å². The molecule has 106 valence electrons. The molecule has 0 aliphatic carbocycles. The first-order valence-corrected chi connectivity index (χ1v) is 6.98. The van der Waals surface area contributed by atoms with Crippen LogP contribution >= 0.6 is 0 Å². The largest absolute Gasteiger partial charge is 0.474 e. The highest BCUT2D eigenvalue weighted by Gasteiger charge is 2.20. The third-order valence-corrected chi connectivity index (χ3v) is 3.32. The predicted molar refractivity (Wildman–Crippen MR) is 74.4 cm³/mol. The molecule has 0 bridgehead atoms. The Labute approximate surface area is 114 Å². The van der Waals surface area contributed by atoms with E-state index in [2.05, 4.69) is 22.2 Å². The summed E-state index contributed by atoms with van der Waals surface area (Å²) >= 11 is 0. The predicted octanol–water partition coefficient (Wildman–Crippen LogP) is 2.49. The second-order valence-corrected chi connectivity index (χ2v) is 5.29. The van der Waals surface area contributed by atoms with E-state index < -0.39 is 0 Å². The van der Waals surface area contributed by atoms with Crippen LogP contribution in [0.5, 0.6) is 5.88 Å². The van der Waals surface area contributed by atoms with E-state index in [0.717, 1.165) is 31.9 Å². The van der Waals surface area contributed by atoms with Crippen molar-refractivity contribution in [1.82, 2.24) is 9.97 Å². The Morgan fingerprint density at radius 3 is 2.68 bits per heavy atom. The maximum Gasteiger partial charge on any atom is 0.234 e. The molecule has 1 N–H and O–H groups in total. The molecule has 1 aromatic rings. The van der Waals surface area contributed by atoms with Gasteiger partial charge < -0.3 is 14.8 Å². The molecule has 5 heteroatoms. The molecule has 2 heterocycles. The molecule has 19 heavy (non-hydrogen) atoms. The first kappa shape index (κ1) is 14.1. The third kappa shape index (κ3) is 4.35. The zero-order chi connectivity index (χ0) is 13.7. The molecule has 5 nitrogen and oxygen atoms in total. The summed E-state index contributed by atoms with van der Waals surface area (Å²) in [4.78, 5) is 8.58. The average molecular weight is 265 g/mol. The Hall–Kier alpha value is -1.36. The van der Waals surface area contributed by atoms with Crippen LogP contribution in [-0.4, -0.2) is 35.3 Å². The van der Waals surface area contributed by atoms with Crippen molar-refractivity contribution >= 4 is 5.82 Å². The smallest absolute Gasteiger partial charge is 0.234 e. The van der Waals surface area contributed by atoms with Crippen LogP contribution in [0, 0.1) is 5.92 Å². The van der Waals surface area contributed by atoms with Crippen LogP contribution in [-0.2, 0) is 4.74 Å². The highest BCUT2D eigenvalue weighted by molar-refractivity contribution is 5.34. The van der Waals surface area contributed by atoms with E-state index in [4.69, 9.17) is 9.47 Å². The normalized spacial score (nSPS) is 18.3. The summed E-state index contributed by atoms with van der Waals surface area (Å²) in [5.41, 5.74) is 0. The number of rotatable bonds is 5. The molecule has 0 aromatic carbocycles. The van der Waals surface area contributed by atoms with Gasteiger partial charge in [0.05, 0.1) is 18.5 Å². The molecule has 0 saturated carbocycles. The van der Waals surface area contributed by atoms with Crippen LogP contribution in [0.1, 0.15) is 33.6 Å². The van der Waals surface area contributed by atoms with Gasteiger partial charge in [-0.1, -0.05) is 0 Å². The van der Waals surface area contributed by atoms with Gasteiger partial charge in [-0.2, -0.15) is 4.98 Å². The van der Waals surface area contributed by atoms with E-state index in [1.54, 1.807) is 12.4 Å². The van der Waals surface area contributed by atoms with E-state index in [0.29, 0.717) is 17.8 Å². The van der Waals surface area contributed by atoms with Crippen molar-refractivity contribution in [3.8, 4) is 5.88 Å². The van der Waals surface area contributed by atoms with Gasteiger partial charge in [-0.25, -0.2) is 0 Å². The Morgan fingerprint density at radius 1 is 1.26 bits per heavy atom. The Kier molecular flexibility index (Phi) is 4.96. The van der Waals surface area contributed by atoms with E-state index in [9.17, 15) is 0 Å². The van der Waals surface area contributed by atoms with Crippen LogP contribution in [0.25, 0.3) is 0 Å². The van der Waals surface area contributed by atoms with Crippen LogP contribution in [0.4, 0.5) is 5.82 Å². The molecule has 1 saturated heterocycles. The summed E-state index contributed by atoms with van der Waals surface area (Å²) in [6.07, 6.45) is 5.69. The number of nitrogens with one attached hydrogen (secondary N) is 1. The van der Waals surface area contributed by atoms with Crippen molar-refractivity contribution in [2.75, 3.05) is 18.5 Å². The summed E-state index contributed by atoms with van der Waals surface area (Å²) in [5, 5.41) is 3.42. The maximum absolute atomic E-state index is 5.55. The van der Waals surface area contributed by atoms with Crippen molar-refractivity contribution in [1.29, 1.82) is 0 Å². The van der Waals surface area contributed by atoms with E-state index in [1.807, 2.05) is 13.8 Å². The van der Waals surface area contributed by atoms with Gasteiger partial charge in [-0.15, -0.1) is 0 Å². The lowest BCUT2D eigenvalue weighted by atomic mass is 9.93. The molecule has 1 unspecified atom stereocenters. The Balaban J connectivity index is 1.93. The molecular weight excluding hydrogens is 242 g/mol. The Morgan fingerprint density at radius 2 is 2.00 bits per heavy atom. The number of hydrogen-bond acceptors (Lipinski definition) is 5. The number of nitrogens with zero attached hydrogens (tertiary/aromatic N) is 2. The molecule has 1 aromatic heterocycles. The van der Waals surface area contributed by atoms with Gasteiger partial charge in [-0.3, -0.25) is 4.98 Å². The molecule has 2 rings (SSSR count). The van der Waals surface area contributed by atoms with Gasteiger partial charge in [0, 0.05) is 19.3 Å². The summed E-state index contributed by atoms with van der Waals surface area (Å²) in [7, 11) is 0. The first-order valence-electron chi connectivity index (χ1n) is 6.98. The highest BCUT2D eigenvalue weighted by Crippen LogP contribution is 2.21.